The molecule has 0 spiro atoms. The van der Waals surface area contributed by atoms with Crippen LogP contribution in [0.1, 0.15) is 59.6 Å². The van der Waals surface area contributed by atoms with E-state index < -0.39 is 71.3 Å². The number of ether oxygens (including phenoxy) is 1. The third-order valence-electron chi connectivity index (χ3n) is 6.35. The Labute approximate surface area is 182 Å². The summed E-state index contributed by atoms with van der Waals surface area (Å²) in [6, 6.07) is 3.31. The SMILES string of the molecule is CC1=NC2(F)Cc3c(C4CCC(F)(F)c5cc(F)cc(F)c54)ccc(NC(F)(F)F)c3C2O1. The fourth-order valence-electron chi connectivity index (χ4n) is 5.19. The molecule has 1 heterocycles. The number of hydrogen-bond donors (Lipinski definition) is 1. The fraction of sp³-hybridized carbons (Fsp3) is 0.409. The van der Waals surface area contributed by atoms with Gasteiger partial charge in [0.1, 0.15) is 11.6 Å². The summed E-state index contributed by atoms with van der Waals surface area (Å²) >= 11 is 0. The van der Waals surface area contributed by atoms with Gasteiger partial charge in [0.25, 0.3) is 5.92 Å². The summed E-state index contributed by atoms with van der Waals surface area (Å²) in [4.78, 5) is 3.79. The molecule has 0 saturated heterocycles. The van der Waals surface area contributed by atoms with Crippen LogP contribution in [0.3, 0.4) is 0 Å². The van der Waals surface area contributed by atoms with Crippen molar-refractivity contribution in [1.82, 2.24) is 0 Å². The van der Waals surface area contributed by atoms with Gasteiger partial charge in [-0.15, -0.1) is 0 Å². The number of benzene rings is 2. The van der Waals surface area contributed by atoms with Gasteiger partial charge in [-0.05, 0) is 29.7 Å². The quantitative estimate of drug-likeness (QED) is 0.390. The summed E-state index contributed by atoms with van der Waals surface area (Å²) < 4.78 is 118. The third kappa shape index (κ3) is 3.43. The Morgan fingerprint density at radius 3 is 2.52 bits per heavy atom. The molecule has 0 bridgehead atoms. The van der Waals surface area contributed by atoms with Crippen molar-refractivity contribution >= 4 is 11.6 Å². The minimum absolute atomic E-state index is 0.0410. The molecule has 3 nitrogen and oxygen atoms in total. The van der Waals surface area contributed by atoms with E-state index in [-0.39, 0.29) is 29.0 Å². The Morgan fingerprint density at radius 2 is 1.82 bits per heavy atom. The molecule has 0 amide bonds. The van der Waals surface area contributed by atoms with Gasteiger partial charge < -0.3 is 4.74 Å². The lowest BCUT2D eigenvalue weighted by atomic mass is 9.75. The van der Waals surface area contributed by atoms with Gasteiger partial charge in [0, 0.05) is 54.1 Å². The lowest BCUT2D eigenvalue weighted by molar-refractivity contribution is -0.100. The topological polar surface area (TPSA) is 33.6 Å². The monoisotopic (exact) mass is 476 g/mol. The average molecular weight is 476 g/mol. The smallest absolute Gasteiger partial charge is 0.467 e. The van der Waals surface area contributed by atoms with Gasteiger partial charge in [-0.3, -0.25) is 5.32 Å². The number of nitrogens with zero attached hydrogens (tertiary/aromatic N) is 1. The predicted molar refractivity (Wildman–Crippen MR) is 102 cm³/mol. The zero-order valence-electron chi connectivity index (χ0n) is 17.0. The Hall–Kier alpha value is -2.85. The van der Waals surface area contributed by atoms with Crippen molar-refractivity contribution in [3.05, 3.63) is 63.7 Å². The lowest BCUT2D eigenvalue weighted by Crippen LogP contribution is -2.27. The Balaban J connectivity index is 1.70. The molecule has 33 heavy (non-hydrogen) atoms. The van der Waals surface area contributed by atoms with Gasteiger partial charge >= 0.3 is 6.30 Å². The van der Waals surface area contributed by atoms with Crippen molar-refractivity contribution in [3.8, 4) is 0 Å². The highest BCUT2D eigenvalue weighted by atomic mass is 19.4. The van der Waals surface area contributed by atoms with Gasteiger partial charge in [-0.1, -0.05) is 6.07 Å². The van der Waals surface area contributed by atoms with E-state index in [2.05, 4.69) is 4.99 Å². The van der Waals surface area contributed by atoms with Gasteiger partial charge in [0.05, 0.1) is 0 Å². The molecule has 1 N–H and O–H groups in total. The maximum absolute atomic E-state index is 15.6. The van der Waals surface area contributed by atoms with Gasteiger partial charge in [-0.25, -0.2) is 26.9 Å². The Kier molecular flexibility index (Phi) is 4.55. The fourth-order valence-corrected chi connectivity index (χ4v) is 5.19. The van der Waals surface area contributed by atoms with Crippen LogP contribution in [0.4, 0.5) is 40.8 Å². The summed E-state index contributed by atoms with van der Waals surface area (Å²) in [5, 5.41) is 1.37. The minimum Gasteiger partial charge on any atom is -0.467 e. The molecule has 0 radical (unpaired) electrons. The molecular weight excluding hydrogens is 460 g/mol. The number of anilines is 1. The first-order chi connectivity index (χ1) is 15.3. The van der Waals surface area contributed by atoms with Crippen LogP contribution in [-0.4, -0.2) is 18.0 Å². The number of nitrogens with one attached hydrogen (secondary N) is 1. The zero-order valence-corrected chi connectivity index (χ0v) is 17.0. The second-order valence-corrected chi connectivity index (χ2v) is 8.49. The molecule has 2 aromatic carbocycles. The predicted octanol–water partition coefficient (Wildman–Crippen LogP) is 6.63. The highest BCUT2D eigenvalue weighted by Gasteiger charge is 2.56. The molecule has 5 rings (SSSR count). The summed E-state index contributed by atoms with van der Waals surface area (Å²) in [6.45, 7) is 1.36. The number of halogens is 8. The van der Waals surface area contributed by atoms with Crippen LogP contribution in [0.2, 0.25) is 0 Å². The third-order valence-corrected chi connectivity index (χ3v) is 6.35. The van der Waals surface area contributed by atoms with Crippen molar-refractivity contribution in [1.29, 1.82) is 0 Å². The molecule has 0 fully saturated rings. The summed E-state index contributed by atoms with van der Waals surface area (Å²) in [7, 11) is 0. The Bertz CT molecular complexity index is 1190. The van der Waals surface area contributed by atoms with E-state index in [1.807, 2.05) is 0 Å². The van der Waals surface area contributed by atoms with Gasteiger partial charge in [-0.2, -0.15) is 13.2 Å². The second kappa shape index (κ2) is 6.83. The van der Waals surface area contributed by atoms with Crippen LogP contribution >= 0.6 is 0 Å². The van der Waals surface area contributed by atoms with Crippen molar-refractivity contribution < 1.29 is 39.9 Å². The maximum Gasteiger partial charge on any atom is 0.482 e. The van der Waals surface area contributed by atoms with Crippen LogP contribution in [0.5, 0.6) is 0 Å². The molecule has 0 aromatic heterocycles. The first-order valence-corrected chi connectivity index (χ1v) is 10.1. The van der Waals surface area contributed by atoms with E-state index in [9.17, 15) is 30.7 Å². The second-order valence-electron chi connectivity index (χ2n) is 8.49. The van der Waals surface area contributed by atoms with Crippen molar-refractivity contribution in [3.63, 3.8) is 0 Å². The average Bonchev–Trinajstić information content (AvgIpc) is 3.10. The lowest BCUT2D eigenvalue weighted by Gasteiger charge is -2.33. The number of alkyl halides is 6. The summed E-state index contributed by atoms with van der Waals surface area (Å²) in [5.74, 6) is -9.32. The molecule has 3 atom stereocenters. The number of rotatable bonds is 2. The molecule has 1 aliphatic heterocycles. The first-order valence-electron chi connectivity index (χ1n) is 10.1. The zero-order chi connectivity index (χ0) is 23.9. The standard InChI is InChI=1S/C22H16F8N2O/c1-9-31-21(27)8-13-11(2-3-16(32-22(28,29)30)18(13)19(21)33-9)12-4-5-20(25,26)14-6-10(23)7-15(24)17(12)14/h2-3,6-7,12,19,32H,4-5,8H2,1H3. The highest BCUT2D eigenvalue weighted by molar-refractivity contribution is 5.78. The number of fused-ring (bicyclic) bond motifs is 4. The van der Waals surface area contributed by atoms with Crippen molar-refractivity contribution in [2.75, 3.05) is 5.32 Å². The van der Waals surface area contributed by atoms with E-state index in [0.717, 1.165) is 6.07 Å². The largest absolute Gasteiger partial charge is 0.482 e. The van der Waals surface area contributed by atoms with E-state index in [0.29, 0.717) is 12.1 Å². The van der Waals surface area contributed by atoms with Gasteiger partial charge in [0.15, 0.2) is 12.0 Å². The van der Waals surface area contributed by atoms with Crippen molar-refractivity contribution in [2.45, 2.75) is 56.2 Å². The number of hydrogen-bond acceptors (Lipinski definition) is 3. The molecule has 2 aliphatic carbocycles. The molecule has 0 saturated carbocycles. The van der Waals surface area contributed by atoms with Crippen molar-refractivity contribution in [2.24, 2.45) is 4.99 Å². The van der Waals surface area contributed by atoms with E-state index >= 15 is 4.39 Å². The van der Waals surface area contributed by atoms with Crippen LogP contribution in [0.25, 0.3) is 0 Å². The molecule has 2 aromatic rings. The summed E-state index contributed by atoms with van der Waals surface area (Å²) in [5.41, 5.74) is -1.61. The van der Waals surface area contributed by atoms with Crippen LogP contribution < -0.4 is 5.32 Å². The van der Waals surface area contributed by atoms with Crippen LogP contribution in [0, 0.1) is 11.6 Å². The molecular formula is C22H16F8N2O. The molecule has 176 valence electrons. The Morgan fingerprint density at radius 1 is 1.09 bits per heavy atom. The number of aliphatic imine (C=N–C) groups is 1. The van der Waals surface area contributed by atoms with E-state index in [4.69, 9.17) is 4.74 Å². The maximum atomic E-state index is 15.6. The molecule has 3 unspecified atom stereocenters. The van der Waals surface area contributed by atoms with E-state index in [1.165, 1.54) is 18.3 Å². The highest BCUT2D eigenvalue weighted by Crippen LogP contribution is 2.56. The molecule has 11 heteroatoms. The molecule has 3 aliphatic rings. The summed E-state index contributed by atoms with van der Waals surface area (Å²) in [6.07, 6.45) is -7.79. The van der Waals surface area contributed by atoms with E-state index in [1.54, 1.807) is 0 Å². The first kappa shape index (κ1) is 22.0. The van der Waals surface area contributed by atoms with Crippen LogP contribution in [-0.2, 0) is 17.1 Å². The van der Waals surface area contributed by atoms with Gasteiger partial charge in [0.2, 0.25) is 5.79 Å². The normalized spacial score (nSPS) is 27.4. The van der Waals surface area contributed by atoms with Crippen LogP contribution in [0.15, 0.2) is 29.3 Å². The minimum atomic E-state index is -4.84.